The maximum absolute atomic E-state index is 6.31. The number of aliphatic imine (C=N–C) groups is 1. The summed E-state index contributed by atoms with van der Waals surface area (Å²) in [5, 5.41) is 14.2. The van der Waals surface area contributed by atoms with Crippen molar-refractivity contribution < 1.29 is 0 Å². The molecule has 1 aromatic heterocycles. The zero-order chi connectivity index (χ0) is 14.0. The second-order valence-corrected chi connectivity index (χ2v) is 5.33. The molecular weight excluding hydrogens is 254 g/mol. The molecule has 2 atom stereocenters. The zero-order valence-corrected chi connectivity index (χ0v) is 11.6. The first-order chi connectivity index (χ1) is 9.66. The predicted octanol–water partition coefficient (Wildman–Crippen LogP) is -0.654. The van der Waals surface area contributed by atoms with E-state index < -0.39 is 5.79 Å². The van der Waals surface area contributed by atoms with Gasteiger partial charge in [-0.1, -0.05) is 0 Å². The molecule has 2 unspecified atom stereocenters. The molecule has 1 saturated heterocycles. The van der Waals surface area contributed by atoms with Gasteiger partial charge in [-0.3, -0.25) is 10.4 Å². The van der Waals surface area contributed by atoms with Crippen LogP contribution in [0.4, 0.5) is 0 Å². The Labute approximate surface area is 118 Å². The Balaban J connectivity index is 1.63. The molecule has 7 nitrogen and oxygen atoms in total. The van der Waals surface area contributed by atoms with Crippen LogP contribution in [-0.4, -0.2) is 35.1 Å². The van der Waals surface area contributed by atoms with Crippen LogP contribution in [0.2, 0.25) is 0 Å². The fourth-order valence-corrected chi connectivity index (χ4v) is 2.54. The van der Waals surface area contributed by atoms with Gasteiger partial charge in [0, 0.05) is 32.0 Å². The van der Waals surface area contributed by atoms with Crippen LogP contribution in [0, 0.1) is 0 Å². The molecule has 0 aromatic carbocycles. The van der Waals surface area contributed by atoms with Crippen molar-refractivity contribution in [2.45, 2.75) is 24.7 Å². The van der Waals surface area contributed by atoms with E-state index in [4.69, 9.17) is 5.73 Å². The van der Waals surface area contributed by atoms with Crippen LogP contribution >= 0.6 is 0 Å². The predicted molar refractivity (Wildman–Crippen MR) is 77.8 cm³/mol. The summed E-state index contributed by atoms with van der Waals surface area (Å²) in [4.78, 5) is 4.33. The number of rotatable bonds is 4. The number of nitrogens with two attached hydrogens (primary N) is 1. The third-order valence-electron chi connectivity index (χ3n) is 3.69. The monoisotopic (exact) mass is 275 g/mol. The van der Waals surface area contributed by atoms with Crippen LogP contribution in [-0.2, 0) is 12.8 Å². The van der Waals surface area contributed by atoms with Crippen LogP contribution in [0.5, 0.6) is 0 Å². The molecule has 20 heavy (non-hydrogen) atoms. The molecule has 0 aliphatic carbocycles. The lowest BCUT2D eigenvalue weighted by Gasteiger charge is -2.31. The van der Waals surface area contributed by atoms with E-state index in [0.717, 1.165) is 24.5 Å². The van der Waals surface area contributed by atoms with E-state index in [0.29, 0.717) is 6.04 Å². The Morgan fingerprint density at radius 3 is 3.20 bits per heavy atom. The van der Waals surface area contributed by atoms with Crippen molar-refractivity contribution in [1.29, 1.82) is 0 Å². The van der Waals surface area contributed by atoms with Gasteiger partial charge in [0.05, 0.1) is 11.8 Å². The fraction of sp³-hybridized carbons (Fsp3) is 0.538. The highest BCUT2D eigenvalue weighted by Crippen LogP contribution is 2.19. The number of aryl methyl sites for hydroxylation is 1. The maximum atomic E-state index is 6.31. The SMILES string of the molecule is Cn1cc(C2(N)N=CC=C(NCC3CCCN3)N2)cn1. The molecule has 1 fully saturated rings. The summed E-state index contributed by atoms with van der Waals surface area (Å²) < 4.78 is 1.72. The van der Waals surface area contributed by atoms with Crippen molar-refractivity contribution >= 4 is 6.21 Å². The molecule has 0 radical (unpaired) electrons. The standard InChI is InChI=1S/C13H21N7/c1-20-9-10(7-18-20)13(14)17-6-4-12(19-13)16-8-11-3-2-5-15-11/h4,6-7,9,11,15-16,19H,2-3,5,8,14H2,1H3. The molecule has 3 rings (SSSR count). The first-order valence-corrected chi connectivity index (χ1v) is 6.95. The van der Waals surface area contributed by atoms with Crippen molar-refractivity contribution in [3.63, 3.8) is 0 Å². The van der Waals surface area contributed by atoms with Gasteiger partial charge >= 0.3 is 0 Å². The molecule has 0 spiro atoms. The lowest BCUT2D eigenvalue weighted by Crippen LogP contribution is -2.53. The number of aromatic nitrogens is 2. The van der Waals surface area contributed by atoms with Crippen molar-refractivity contribution in [3.8, 4) is 0 Å². The van der Waals surface area contributed by atoms with Crippen LogP contribution < -0.4 is 21.7 Å². The highest BCUT2D eigenvalue weighted by molar-refractivity contribution is 5.73. The third-order valence-corrected chi connectivity index (χ3v) is 3.69. The highest BCUT2D eigenvalue weighted by atomic mass is 15.3. The van der Waals surface area contributed by atoms with E-state index in [1.807, 2.05) is 19.3 Å². The van der Waals surface area contributed by atoms with Crippen molar-refractivity contribution in [1.82, 2.24) is 25.7 Å². The lowest BCUT2D eigenvalue weighted by molar-refractivity contribution is 0.377. The Bertz CT molecular complexity index is 527. The van der Waals surface area contributed by atoms with E-state index in [1.165, 1.54) is 12.8 Å². The minimum Gasteiger partial charge on any atom is -0.370 e. The summed E-state index contributed by atoms with van der Waals surface area (Å²) in [5.74, 6) is -0.0610. The molecular formula is C13H21N7. The highest BCUT2D eigenvalue weighted by Gasteiger charge is 2.30. The maximum Gasteiger partial charge on any atom is 0.213 e. The number of hydrogen-bond acceptors (Lipinski definition) is 6. The Kier molecular flexibility index (Phi) is 3.45. The molecule has 108 valence electrons. The smallest absolute Gasteiger partial charge is 0.213 e. The molecule has 0 bridgehead atoms. The lowest BCUT2D eigenvalue weighted by atomic mass is 10.2. The molecule has 5 N–H and O–H groups in total. The van der Waals surface area contributed by atoms with Crippen LogP contribution in [0.25, 0.3) is 0 Å². The molecule has 0 amide bonds. The van der Waals surface area contributed by atoms with Crippen LogP contribution in [0.15, 0.2) is 29.3 Å². The van der Waals surface area contributed by atoms with E-state index in [2.05, 4.69) is 26.0 Å². The summed E-state index contributed by atoms with van der Waals surface area (Å²) in [6.07, 6.45) is 9.68. The zero-order valence-electron chi connectivity index (χ0n) is 11.6. The minimum absolute atomic E-state index is 0.530. The topological polar surface area (TPSA) is 92.3 Å². The van der Waals surface area contributed by atoms with Gasteiger partial charge in [0.25, 0.3) is 0 Å². The van der Waals surface area contributed by atoms with Gasteiger partial charge in [0.2, 0.25) is 5.79 Å². The average molecular weight is 275 g/mol. The summed E-state index contributed by atoms with van der Waals surface area (Å²) >= 11 is 0. The number of hydrogen-bond donors (Lipinski definition) is 4. The normalized spacial score (nSPS) is 29.1. The molecule has 1 aromatic rings. The van der Waals surface area contributed by atoms with Crippen molar-refractivity contribution in [2.75, 3.05) is 13.1 Å². The summed E-state index contributed by atoms with van der Waals surface area (Å²) in [6, 6.07) is 0.530. The van der Waals surface area contributed by atoms with Crippen molar-refractivity contribution in [3.05, 3.63) is 29.9 Å². The van der Waals surface area contributed by atoms with Gasteiger partial charge in [0.1, 0.15) is 5.82 Å². The van der Waals surface area contributed by atoms with Gasteiger partial charge in [-0.25, -0.2) is 4.99 Å². The summed E-state index contributed by atoms with van der Waals surface area (Å²) in [6.45, 7) is 1.99. The molecule has 0 saturated carbocycles. The Morgan fingerprint density at radius 2 is 2.50 bits per heavy atom. The molecule has 3 heterocycles. The van der Waals surface area contributed by atoms with Gasteiger partial charge in [-0.2, -0.15) is 5.10 Å². The molecule has 2 aliphatic rings. The van der Waals surface area contributed by atoms with E-state index >= 15 is 0 Å². The minimum atomic E-state index is -0.950. The second kappa shape index (κ2) is 5.26. The van der Waals surface area contributed by atoms with Gasteiger partial charge < -0.3 is 16.0 Å². The largest absolute Gasteiger partial charge is 0.370 e. The van der Waals surface area contributed by atoms with Gasteiger partial charge in [-0.15, -0.1) is 0 Å². The Hall–Kier alpha value is -1.86. The molecule has 7 heteroatoms. The third kappa shape index (κ3) is 2.68. The van der Waals surface area contributed by atoms with E-state index in [9.17, 15) is 0 Å². The number of nitrogens with zero attached hydrogens (tertiary/aromatic N) is 3. The van der Waals surface area contributed by atoms with Gasteiger partial charge in [-0.05, 0) is 25.5 Å². The van der Waals surface area contributed by atoms with E-state index in [-0.39, 0.29) is 0 Å². The molecule has 2 aliphatic heterocycles. The first kappa shape index (κ1) is 13.1. The Morgan fingerprint density at radius 1 is 1.60 bits per heavy atom. The number of allylic oxidation sites excluding steroid dienone is 1. The average Bonchev–Trinajstić information content (AvgIpc) is 3.08. The second-order valence-electron chi connectivity index (χ2n) is 5.33. The summed E-state index contributed by atoms with van der Waals surface area (Å²) in [5.41, 5.74) is 7.14. The first-order valence-electron chi connectivity index (χ1n) is 6.95. The van der Waals surface area contributed by atoms with Crippen molar-refractivity contribution in [2.24, 2.45) is 17.8 Å². The quantitative estimate of drug-likeness (QED) is 0.586. The van der Waals surface area contributed by atoms with Crippen LogP contribution in [0.1, 0.15) is 18.4 Å². The van der Waals surface area contributed by atoms with E-state index in [1.54, 1.807) is 17.1 Å². The number of nitrogens with one attached hydrogen (secondary N) is 3. The van der Waals surface area contributed by atoms with Crippen LogP contribution in [0.3, 0.4) is 0 Å². The summed E-state index contributed by atoms with van der Waals surface area (Å²) in [7, 11) is 1.86. The van der Waals surface area contributed by atoms with Gasteiger partial charge in [0.15, 0.2) is 0 Å². The fourth-order valence-electron chi connectivity index (χ4n) is 2.54.